The van der Waals surface area contributed by atoms with E-state index in [1.807, 2.05) is 41.0 Å². The summed E-state index contributed by atoms with van der Waals surface area (Å²) < 4.78 is 7.45. The van der Waals surface area contributed by atoms with E-state index in [2.05, 4.69) is 29.4 Å². The average Bonchev–Trinajstić information content (AvgIpc) is 3.12. The predicted molar refractivity (Wildman–Crippen MR) is 102 cm³/mol. The van der Waals surface area contributed by atoms with Crippen molar-refractivity contribution in [2.75, 3.05) is 5.32 Å². The van der Waals surface area contributed by atoms with Crippen LogP contribution in [-0.2, 0) is 0 Å². The van der Waals surface area contributed by atoms with Crippen molar-refractivity contribution in [1.82, 2.24) is 14.8 Å². The molecule has 2 aromatic heterocycles. The van der Waals surface area contributed by atoms with E-state index in [1.165, 1.54) is 12.3 Å². The zero-order valence-electron chi connectivity index (χ0n) is 14.5. The van der Waals surface area contributed by atoms with Crippen molar-refractivity contribution in [3.05, 3.63) is 71.3 Å². The van der Waals surface area contributed by atoms with Gasteiger partial charge in [0.1, 0.15) is 11.9 Å². The Bertz CT molecular complexity index is 1120. The first kappa shape index (κ1) is 16.1. The SMILES string of the molecule is CC(C)n1cnnc1-c1cccc(Nc2cccc3occc(=O)c23)c1. The quantitative estimate of drug-likeness (QED) is 0.594. The fraction of sp³-hybridized carbons (Fsp3) is 0.150. The van der Waals surface area contributed by atoms with E-state index in [4.69, 9.17) is 4.42 Å². The Balaban J connectivity index is 1.75. The van der Waals surface area contributed by atoms with Gasteiger partial charge in [-0.25, -0.2) is 0 Å². The number of nitrogens with one attached hydrogen (secondary N) is 1. The number of nitrogens with zero attached hydrogens (tertiary/aromatic N) is 3. The van der Waals surface area contributed by atoms with E-state index >= 15 is 0 Å². The summed E-state index contributed by atoms with van der Waals surface area (Å²) in [6.07, 6.45) is 3.14. The predicted octanol–water partition coefficient (Wildman–Crippen LogP) is 4.38. The van der Waals surface area contributed by atoms with Crippen LogP contribution in [0.4, 0.5) is 11.4 Å². The van der Waals surface area contributed by atoms with Gasteiger partial charge in [0, 0.05) is 23.4 Å². The summed E-state index contributed by atoms with van der Waals surface area (Å²) in [6.45, 7) is 4.18. The monoisotopic (exact) mass is 346 g/mol. The van der Waals surface area contributed by atoms with Gasteiger partial charge in [-0.15, -0.1) is 10.2 Å². The minimum Gasteiger partial charge on any atom is -0.464 e. The lowest BCUT2D eigenvalue weighted by molar-refractivity contribution is 0.602. The molecule has 6 nitrogen and oxygen atoms in total. The Hall–Kier alpha value is -3.41. The summed E-state index contributed by atoms with van der Waals surface area (Å²) in [7, 11) is 0. The number of hydrogen-bond donors (Lipinski definition) is 1. The normalized spacial score (nSPS) is 11.2. The zero-order valence-corrected chi connectivity index (χ0v) is 14.5. The molecule has 1 N–H and O–H groups in total. The number of hydrogen-bond acceptors (Lipinski definition) is 5. The van der Waals surface area contributed by atoms with Crippen LogP contribution in [0.5, 0.6) is 0 Å². The second-order valence-electron chi connectivity index (χ2n) is 6.32. The molecule has 0 atom stereocenters. The van der Waals surface area contributed by atoms with Crippen LogP contribution in [0.25, 0.3) is 22.4 Å². The van der Waals surface area contributed by atoms with Crippen LogP contribution in [0.15, 0.2) is 70.3 Å². The first-order valence-electron chi connectivity index (χ1n) is 8.41. The third-order valence-electron chi connectivity index (χ3n) is 4.22. The molecule has 26 heavy (non-hydrogen) atoms. The highest BCUT2D eigenvalue weighted by Gasteiger charge is 2.11. The van der Waals surface area contributed by atoms with Gasteiger partial charge in [0.2, 0.25) is 0 Å². The molecule has 0 saturated heterocycles. The van der Waals surface area contributed by atoms with Gasteiger partial charge in [-0.2, -0.15) is 0 Å². The second kappa shape index (κ2) is 6.48. The number of fused-ring (bicyclic) bond motifs is 1. The number of benzene rings is 2. The van der Waals surface area contributed by atoms with E-state index in [-0.39, 0.29) is 11.5 Å². The van der Waals surface area contributed by atoms with Gasteiger partial charge in [-0.3, -0.25) is 4.79 Å². The first-order valence-corrected chi connectivity index (χ1v) is 8.41. The molecule has 2 heterocycles. The number of anilines is 2. The van der Waals surface area contributed by atoms with Crippen LogP contribution in [0.2, 0.25) is 0 Å². The Morgan fingerprint density at radius 1 is 1.12 bits per heavy atom. The van der Waals surface area contributed by atoms with Gasteiger partial charge in [0.05, 0.1) is 17.3 Å². The highest BCUT2D eigenvalue weighted by Crippen LogP contribution is 2.27. The minimum atomic E-state index is -0.0787. The molecular formula is C20H18N4O2. The molecule has 0 unspecified atom stereocenters. The third-order valence-corrected chi connectivity index (χ3v) is 4.22. The molecule has 0 amide bonds. The maximum atomic E-state index is 12.2. The van der Waals surface area contributed by atoms with E-state index in [9.17, 15) is 4.79 Å². The average molecular weight is 346 g/mol. The van der Waals surface area contributed by atoms with E-state index in [1.54, 1.807) is 12.4 Å². The molecule has 0 bridgehead atoms. The Morgan fingerprint density at radius 2 is 1.96 bits per heavy atom. The summed E-state index contributed by atoms with van der Waals surface area (Å²) in [6, 6.07) is 15.1. The molecule has 0 aliphatic heterocycles. The third kappa shape index (κ3) is 2.86. The van der Waals surface area contributed by atoms with E-state index in [0.29, 0.717) is 16.7 Å². The lowest BCUT2D eigenvalue weighted by Gasteiger charge is -2.12. The van der Waals surface area contributed by atoms with Crippen molar-refractivity contribution < 1.29 is 4.42 Å². The fourth-order valence-corrected chi connectivity index (χ4v) is 2.96. The summed E-state index contributed by atoms with van der Waals surface area (Å²) in [4.78, 5) is 12.2. The van der Waals surface area contributed by atoms with Crippen LogP contribution in [0.3, 0.4) is 0 Å². The van der Waals surface area contributed by atoms with Crippen molar-refractivity contribution in [1.29, 1.82) is 0 Å². The van der Waals surface area contributed by atoms with Crippen LogP contribution >= 0.6 is 0 Å². The summed E-state index contributed by atoms with van der Waals surface area (Å²) in [5.41, 5.74) is 2.99. The highest BCUT2D eigenvalue weighted by molar-refractivity contribution is 5.91. The van der Waals surface area contributed by atoms with Gasteiger partial charge >= 0.3 is 0 Å². The summed E-state index contributed by atoms with van der Waals surface area (Å²) >= 11 is 0. The minimum absolute atomic E-state index is 0.0787. The molecule has 0 aliphatic carbocycles. The largest absolute Gasteiger partial charge is 0.464 e. The Kier molecular flexibility index (Phi) is 4.01. The highest BCUT2D eigenvalue weighted by atomic mass is 16.3. The van der Waals surface area contributed by atoms with Crippen molar-refractivity contribution >= 4 is 22.3 Å². The molecule has 0 spiro atoms. The molecule has 6 heteroatoms. The lowest BCUT2D eigenvalue weighted by atomic mass is 10.1. The van der Waals surface area contributed by atoms with Crippen molar-refractivity contribution in [2.45, 2.75) is 19.9 Å². The number of rotatable bonds is 4. The molecule has 2 aromatic carbocycles. The maximum Gasteiger partial charge on any atom is 0.194 e. The first-order chi connectivity index (χ1) is 12.6. The van der Waals surface area contributed by atoms with Gasteiger partial charge in [0.25, 0.3) is 0 Å². The van der Waals surface area contributed by atoms with Crippen molar-refractivity contribution in [2.24, 2.45) is 0 Å². The smallest absolute Gasteiger partial charge is 0.194 e. The molecule has 0 aliphatic rings. The molecular weight excluding hydrogens is 328 g/mol. The molecule has 0 radical (unpaired) electrons. The lowest BCUT2D eigenvalue weighted by Crippen LogP contribution is -2.03. The zero-order chi connectivity index (χ0) is 18.1. The van der Waals surface area contributed by atoms with Crippen LogP contribution in [0, 0.1) is 0 Å². The Morgan fingerprint density at radius 3 is 2.81 bits per heavy atom. The second-order valence-corrected chi connectivity index (χ2v) is 6.32. The van der Waals surface area contributed by atoms with Gasteiger partial charge in [0.15, 0.2) is 11.3 Å². The molecule has 4 rings (SSSR count). The van der Waals surface area contributed by atoms with E-state index < -0.39 is 0 Å². The molecule has 0 fully saturated rings. The van der Waals surface area contributed by atoms with Gasteiger partial charge < -0.3 is 14.3 Å². The van der Waals surface area contributed by atoms with Crippen LogP contribution < -0.4 is 10.7 Å². The standard InChI is InChI=1S/C20H18N4O2/c1-13(2)24-12-21-23-20(24)14-5-3-6-15(11-14)22-16-7-4-8-18-19(16)17(25)9-10-26-18/h3-13,22H,1-2H3. The van der Waals surface area contributed by atoms with Gasteiger partial charge in [-0.05, 0) is 38.1 Å². The van der Waals surface area contributed by atoms with Crippen LogP contribution in [-0.4, -0.2) is 14.8 Å². The summed E-state index contributed by atoms with van der Waals surface area (Å²) in [5, 5.41) is 12.1. The summed E-state index contributed by atoms with van der Waals surface area (Å²) in [5.74, 6) is 0.807. The van der Waals surface area contributed by atoms with Crippen LogP contribution in [0.1, 0.15) is 19.9 Å². The van der Waals surface area contributed by atoms with Crippen molar-refractivity contribution in [3.8, 4) is 11.4 Å². The number of aromatic nitrogens is 3. The van der Waals surface area contributed by atoms with Crippen molar-refractivity contribution in [3.63, 3.8) is 0 Å². The Labute approximate surface area is 150 Å². The molecule has 4 aromatic rings. The molecule has 130 valence electrons. The molecule has 0 saturated carbocycles. The maximum absolute atomic E-state index is 12.2. The van der Waals surface area contributed by atoms with Gasteiger partial charge in [-0.1, -0.05) is 18.2 Å². The topological polar surface area (TPSA) is 73.0 Å². The van der Waals surface area contributed by atoms with E-state index in [0.717, 1.165) is 17.1 Å². The fourth-order valence-electron chi connectivity index (χ4n) is 2.96.